The summed E-state index contributed by atoms with van der Waals surface area (Å²) in [6.45, 7) is 1.80. The fourth-order valence-electron chi connectivity index (χ4n) is 0.944. The highest BCUT2D eigenvalue weighted by atomic mass is 35.5. The molecule has 3 nitrogen and oxygen atoms in total. The van der Waals surface area contributed by atoms with Crippen LogP contribution >= 0.6 is 11.6 Å². The zero-order chi connectivity index (χ0) is 11.3. The maximum Gasteiger partial charge on any atom is 0.217 e. The van der Waals surface area contributed by atoms with Crippen LogP contribution in [0.1, 0.15) is 12.5 Å². The van der Waals surface area contributed by atoms with E-state index in [0.717, 1.165) is 6.20 Å². The van der Waals surface area contributed by atoms with Gasteiger partial charge in [0, 0.05) is 19.0 Å². The highest BCUT2D eigenvalue weighted by Gasteiger charge is 1.99. The molecule has 1 aromatic heterocycles. The summed E-state index contributed by atoms with van der Waals surface area (Å²) in [4.78, 5) is 14.2. The number of hydrogen-bond acceptors (Lipinski definition) is 2. The highest BCUT2D eigenvalue weighted by Crippen LogP contribution is 2.14. The summed E-state index contributed by atoms with van der Waals surface area (Å²) in [5.74, 6) is -0.568. The van der Waals surface area contributed by atoms with Crippen LogP contribution in [0.3, 0.4) is 0 Å². The van der Waals surface area contributed by atoms with E-state index in [2.05, 4.69) is 10.3 Å². The number of rotatable bonds is 3. The van der Waals surface area contributed by atoms with Gasteiger partial charge in [0.05, 0.1) is 6.20 Å². The fraction of sp³-hybridized carbons (Fsp3) is 0.200. The quantitative estimate of drug-likeness (QED) is 0.805. The summed E-state index contributed by atoms with van der Waals surface area (Å²) in [5.41, 5.74) is 0.488. The Morgan fingerprint density at radius 1 is 1.73 bits per heavy atom. The average molecular weight is 229 g/mol. The van der Waals surface area contributed by atoms with E-state index in [1.165, 1.54) is 13.0 Å². The summed E-state index contributed by atoms with van der Waals surface area (Å²) in [5, 5.41) is 2.80. The van der Waals surface area contributed by atoms with Crippen molar-refractivity contribution in [3.63, 3.8) is 0 Å². The first-order valence-electron chi connectivity index (χ1n) is 4.31. The van der Waals surface area contributed by atoms with Gasteiger partial charge < -0.3 is 5.32 Å². The van der Waals surface area contributed by atoms with Crippen LogP contribution in [0.4, 0.5) is 4.39 Å². The number of halogens is 2. The van der Waals surface area contributed by atoms with Gasteiger partial charge in [0.2, 0.25) is 5.91 Å². The number of aromatic nitrogens is 1. The van der Waals surface area contributed by atoms with Crippen molar-refractivity contribution in [2.75, 3.05) is 6.54 Å². The molecule has 0 aliphatic carbocycles. The molecule has 1 aromatic rings. The number of pyridine rings is 1. The Morgan fingerprint density at radius 3 is 3.13 bits per heavy atom. The van der Waals surface area contributed by atoms with E-state index >= 15 is 0 Å². The normalized spacial score (nSPS) is 10.6. The minimum atomic E-state index is -0.446. The van der Waals surface area contributed by atoms with Crippen LogP contribution in [0, 0.1) is 5.82 Å². The molecule has 0 aliphatic rings. The molecule has 0 aromatic carbocycles. The van der Waals surface area contributed by atoms with Crippen LogP contribution in [0.5, 0.6) is 0 Å². The van der Waals surface area contributed by atoms with E-state index in [1.54, 1.807) is 12.2 Å². The molecule has 0 spiro atoms. The van der Waals surface area contributed by atoms with Crippen molar-refractivity contribution in [1.29, 1.82) is 0 Å². The third-order valence-corrected chi connectivity index (χ3v) is 1.91. The Hall–Kier alpha value is -1.42. The minimum Gasteiger partial charge on any atom is -0.353 e. The molecule has 0 aliphatic heterocycles. The molecular formula is C10H10ClFN2O. The molecule has 15 heavy (non-hydrogen) atoms. The standard InChI is InChI=1S/C10H10ClFN2O/c1-7(15)13-4-2-3-8-5-9(12)6-14-10(8)11/h2-3,5-6H,4H2,1H3,(H,13,15). The predicted octanol–water partition coefficient (Wildman–Crippen LogP) is 2.02. The summed E-state index contributed by atoms with van der Waals surface area (Å²) >= 11 is 5.72. The molecular weight excluding hydrogens is 219 g/mol. The van der Waals surface area contributed by atoms with Crippen LogP contribution in [0.15, 0.2) is 18.3 Å². The van der Waals surface area contributed by atoms with Crippen LogP contribution in [0.2, 0.25) is 5.15 Å². The van der Waals surface area contributed by atoms with Crippen molar-refractivity contribution < 1.29 is 9.18 Å². The maximum atomic E-state index is 12.8. The number of hydrogen-bond donors (Lipinski definition) is 1. The first-order chi connectivity index (χ1) is 7.09. The van der Waals surface area contributed by atoms with Crippen LogP contribution in [-0.4, -0.2) is 17.4 Å². The average Bonchev–Trinajstić information content (AvgIpc) is 2.17. The Morgan fingerprint density at radius 2 is 2.47 bits per heavy atom. The molecule has 0 unspecified atom stereocenters. The number of carbonyl (C=O) groups is 1. The second-order valence-corrected chi connectivity index (χ2v) is 3.23. The van der Waals surface area contributed by atoms with Gasteiger partial charge in [-0.15, -0.1) is 0 Å². The summed E-state index contributed by atoms with van der Waals surface area (Å²) in [6.07, 6.45) is 4.32. The summed E-state index contributed by atoms with van der Waals surface area (Å²) in [7, 11) is 0. The highest BCUT2D eigenvalue weighted by molar-refractivity contribution is 6.30. The predicted molar refractivity (Wildman–Crippen MR) is 56.9 cm³/mol. The topological polar surface area (TPSA) is 42.0 Å². The summed E-state index contributed by atoms with van der Waals surface area (Å²) < 4.78 is 12.8. The Kier molecular flexibility index (Phi) is 4.24. The molecule has 0 fully saturated rings. The lowest BCUT2D eigenvalue weighted by atomic mass is 10.2. The number of nitrogens with one attached hydrogen (secondary N) is 1. The van der Waals surface area contributed by atoms with Crippen LogP contribution in [0.25, 0.3) is 6.08 Å². The van der Waals surface area contributed by atoms with Crippen molar-refractivity contribution >= 4 is 23.6 Å². The zero-order valence-electron chi connectivity index (χ0n) is 8.13. The van der Waals surface area contributed by atoms with Gasteiger partial charge in [-0.25, -0.2) is 9.37 Å². The van der Waals surface area contributed by atoms with Gasteiger partial charge in [0.15, 0.2) is 0 Å². The number of nitrogens with zero attached hydrogens (tertiary/aromatic N) is 1. The molecule has 5 heteroatoms. The molecule has 1 N–H and O–H groups in total. The second kappa shape index (κ2) is 5.46. The lowest BCUT2D eigenvalue weighted by Gasteiger charge is -1.98. The molecule has 0 saturated heterocycles. The Labute approximate surface area is 92.0 Å². The third kappa shape index (κ3) is 4.08. The van der Waals surface area contributed by atoms with Crippen LogP contribution < -0.4 is 5.32 Å². The molecule has 1 rings (SSSR count). The van der Waals surface area contributed by atoms with Gasteiger partial charge in [0.1, 0.15) is 11.0 Å². The van der Waals surface area contributed by atoms with E-state index in [0.29, 0.717) is 12.1 Å². The van der Waals surface area contributed by atoms with Crippen molar-refractivity contribution in [3.8, 4) is 0 Å². The summed E-state index contributed by atoms with van der Waals surface area (Å²) in [6, 6.07) is 1.28. The lowest BCUT2D eigenvalue weighted by molar-refractivity contribution is -0.118. The van der Waals surface area contributed by atoms with E-state index in [9.17, 15) is 9.18 Å². The molecule has 1 heterocycles. The largest absolute Gasteiger partial charge is 0.353 e. The SMILES string of the molecule is CC(=O)NCC=Cc1cc(F)cnc1Cl. The maximum absolute atomic E-state index is 12.8. The minimum absolute atomic E-state index is 0.122. The van der Waals surface area contributed by atoms with Crippen molar-refractivity contribution in [1.82, 2.24) is 10.3 Å². The molecule has 0 saturated carbocycles. The van der Waals surface area contributed by atoms with Crippen molar-refractivity contribution in [2.45, 2.75) is 6.92 Å². The van der Waals surface area contributed by atoms with Gasteiger partial charge in [-0.1, -0.05) is 23.8 Å². The van der Waals surface area contributed by atoms with E-state index in [-0.39, 0.29) is 11.1 Å². The third-order valence-electron chi connectivity index (χ3n) is 1.60. The molecule has 0 radical (unpaired) electrons. The first-order valence-corrected chi connectivity index (χ1v) is 4.69. The number of carbonyl (C=O) groups excluding carboxylic acids is 1. The van der Waals surface area contributed by atoms with Gasteiger partial charge in [-0.05, 0) is 6.07 Å². The lowest BCUT2D eigenvalue weighted by Crippen LogP contribution is -2.19. The molecule has 80 valence electrons. The Bertz CT molecular complexity index is 393. The van der Waals surface area contributed by atoms with E-state index in [4.69, 9.17) is 11.6 Å². The molecule has 0 bridgehead atoms. The second-order valence-electron chi connectivity index (χ2n) is 2.87. The van der Waals surface area contributed by atoms with E-state index < -0.39 is 5.82 Å². The van der Waals surface area contributed by atoms with Gasteiger partial charge >= 0.3 is 0 Å². The van der Waals surface area contributed by atoms with Gasteiger partial charge in [-0.2, -0.15) is 0 Å². The van der Waals surface area contributed by atoms with Crippen LogP contribution in [-0.2, 0) is 4.79 Å². The van der Waals surface area contributed by atoms with Crippen molar-refractivity contribution in [3.05, 3.63) is 34.9 Å². The Balaban J connectivity index is 2.63. The number of amides is 1. The van der Waals surface area contributed by atoms with Gasteiger partial charge in [-0.3, -0.25) is 4.79 Å². The molecule has 0 atom stereocenters. The van der Waals surface area contributed by atoms with E-state index in [1.807, 2.05) is 0 Å². The smallest absolute Gasteiger partial charge is 0.217 e. The van der Waals surface area contributed by atoms with Crippen molar-refractivity contribution in [2.24, 2.45) is 0 Å². The monoisotopic (exact) mass is 228 g/mol. The first kappa shape index (κ1) is 11.7. The zero-order valence-corrected chi connectivity index (χ0v) is 8.88. The molecule has 1 amide bonds. The fourth-order valence-corrected chi connectivity index (χ4v) is 1.11. The van der Waals surface area contributed by atoms with Gasteiger partial charge in [0.25, 0.3) is 0 Å².